The summed E-state index contributed by atoms with van der Waals surface area (Å²) in [5.41, 5.74) is 7.16. The van der Waals surface area contributed by atoms with Gasteiger partial charge in [0.1, 0.15) is 0 Å². The molecule has 0 bridgehead atoms. The summed E-state index contributed by atoms with van der Waals surface area (Å²) < 4.78 is 0. The Balaban J connectivity index is 2.65. The number of hydrogen-bond donors (Lipinski definition) is 2. The van der Waals surface area contributed by atoms with Gasteiger partial charge in [0, 0.05) is 11.8 Å². The highest BCUT2D eigenvalue weighted by atomic mass is 32.1. The van der Waals surface area contributed by atoms with Gasteiger partial charge < -0.3 is 5.73 Å². The second-order valence-corrected chi connectivity index (χ2v) is 3.72. The van der Waals surface area contributed by atoms with Crippen molar-refractivity contribution in [2.24, 2.45) is 5.73 Å². The predicted octanol–water partition coefficient (Wildman–Crippen LogP) is 2.77. The first-order chi connectivity index (χ1) is 6.83. The van der Waals surface area contributed by atoms with Crippen LogP contribution in [0, 0.1) is 0 Å². The Hall–Kier alpha value is -0.990. The van der Waals surface area contributed by atoms with E-state index in [-0.39, 0.29) is 6.04 Å². The largest absolute Gasteiger partial charge is 0.323 e. The van der Waals surface area contributed by atoms with Crippen LogP contribution in [0.2, 0.25) is 0 Å². The molecule has 2 aromatic carbocycles. The minimum Gasteiger partial charge on any atom is -0.323 e. The van der Waals surface area contributed by atoms with Gasteiger partial charge in [0.05, 0.1) is 0 Å². The molecule has 2 heteroatoms. The minimum absolute atomic E-state index is 0.0180. The molecule has 2 N–H and O–H groups in total. The van der Waals surface area contributed by atoms with Crippen molar-refractivity contribution in [1.82, 2.24) is 0 Å². The van der Waals surface area contributed by atoms with Crippen LogP contribution in [0.25, 0.3) is 10.8 Å². The Bertz CT molecular complexity index is 434. The second-order valence-electron chi connectivity index (χ2n) is 3.36. The van der Waals surface area contributed by atoms with E-state index in [0.29, 0.717) is 5.75 Å². The smallest absolute Gasteiger partial charge is 0.0390 e. The Labute approximate surface area is 89.3 Å². The summed E-state index contributed by atoms with van der Waals surface area (Å²) in [5, 5.41) is 2.47. The summed E-state index contributed by atoms with van der Waals surface area (Å²) in [4.78, 5) is 0. The molecule has 1 nitrogen and oxygen atoms in total. The fraction of sp³-hybridized carbons (Fsp3) is 0.167. The van der Waals surface area contributed by atoms with Gasteiger partial charge in [0.2, 0.25) is 0 Å². The van der Waals surface area contributed by atoms with Gasteiger partial charge in [-0.05, 0) is 16.3 Å². The molecule has 0 spiro atoms. The van der Waals surface area contributed by atoms with E-state index < -0.39 is 0 Å². The van der Waals surface area contributed by atoms with Crippen LogP contribution < -0.4 is 5.73 Å². The molecule has 0 aliphatic carbocycles. The molecule has 1 atom stereocenters. The summed E-state index contributed by atoms with van der Waals surface area (Å²) in [6.07, 6.45) is 0. The summed E-state index contributed by atoms with van der Waals surface area (Å²) in [5.74, 6) is 0.675. The lowest BCUT2D eigenvalue weighted by molar-refractivity contribution is 0.843. The average molecular weight is 203 g/mol. The molecule has 0 aliphatic rings. The number of benzene rings is 2. The van der Waals surface area contributed by atoms with Crippen molar-refractivity contribution in [3.63, 3.8) is 0 Å². The lowest BCUT2D eigenvalue weighted by atomic mass is 10.0. The van der Waals surface area contributed by atoms with E-state index >= 15 is 0 Å². The fourth-order valence-corrected chi connectivity index (χ4v) is 1.87. The van der Waals surface area contributed by atoms with E-state index in [4.69, 9.17) is 5.73 Å². The molecular formula is C12H13NS. The molecule has 0 aliphatic heterocycles. The van der Waals surface area contributed by atoms with Crippen LogP contribution in [0.1, 0.15) is 11.6 Å². The maximum Gasteiger partial charge on any atom is 0.0390 e. The zero-order valence-corrected chi connectivity index (χ0v) is 8.74. The molecule has 2 rings (SSSR count). The summed E-state index contributed by atoms with van der Waals surface area (Å²) in [6.45, 7) is 0. The van der Waals surface area contributed by atoms with Gasteiger partial charge in [-0.2, -0.15) is 12.6 Å². The summed E-state index contributed by atoms with van der Waals surface area (Å²) in [6, 6.07) is 14.5. The van der Waals surface area contributed by atoms with Gasteiger partial charge in [-0.25, -0.2) is 0 Å². The Morgan fingerprint density at radius 3 is 2.57 bits per heavy atom. The third kappa shape index (κ3) is 1.63. The van der Waals surface area contributed by atoms with E-state index in [1.165, 1.54) is 16.3 Å². The van der Waals surface area contributed by atoms with Crippen LogP contribution in [0.15, 0.2) is 42.5 Å². The predicted molar refractivity (Wildman–Crippen MR) is 64.7 cm³/mol. The normalized spacial score (nSPS) is 13.0. The van der Waals surface area contributed by atoms with E-state index in [0.717, 1.165) is 0 Å². The van der Waals surface area contributed by atoms with E-state index in [2.05, 4.69) is 36.9 Å². The average Bonchev–Trinajstić information content (AvgIpc) is 2.27. The fourth-order valence-electron chi connectivity index (χ4n) is 1.67. The van der Waals surface area contributed by atoms with Crippen LogP contribution in [0.3, 0.4) is 0 Å². The highest BCUT2D eigenvalue weighted by Gasteiger charge is 2.06. The molecule has 0 saturated carbocycles. The van der Waals surface area contributed by atoms with Gasteiger partial charge in [0.25, 0.3) is 0 Å². The molecule has 72 valence electrons. The molecular weight excluding hydrogens is 190 g/mol. The number of rotatable bonds is 2. The van der Waals surface area contributed by atoms with Crippen molar-refractivity contribution in [1.29, 1.82) is 0 Å². The maximum absolute atomic E-state index is 5.98. The molecule has 2 aromatic rings. The topological polar surface area (TPSA) is 26.0 Å². The zero-order chi connectivity index (χ0) is 9.97. The monoisotopic (exact) mass is 203 g/mol. The molecule has 0 saturated heterocycles. The third-order valence-corrected chi connectivity index (χ3v) is 2.81. The maximum atomic E-state index is 5.98. The molecule has 0 aromatic heterocycles. The third-order valence-electron chi connectivity index (χ3n) is 2.42. The Kier molecular flexibility index (Phi) is 2.75. The van der Waals surface area contributed by atoms with Crippen molar-refractivity contribution in [2.75, 3.05) is 5.75 Å². The number of hydrogen-bond acceptors (Lipinski definition) is 2. The van der Waals surface area contributed by atoms with Crippen molar-refractivity contribution < 1.29 is 0 Å². The van der Waals surface area contributed by atoms with Gasteiger partial charge in [-0.1, -0.05) is 42.5 Å². The Morgan fingerprint density at radius 2 is 1.79 bits per heavy atom. The highest BCUT2D eigenvalue weighted by Crippen LogP contribution is 2.23. The van der Waals surface area contributed by atoms with Crippen molar-refractivity contribution in [3.8, 4) is 0 Å². The van der Waals surface area contributed by atoms with Crippen LogP contribution in [0.5, 0.6) is 0 Å². The lowest BCUT2D eigenvalue weighted by Gasteiger charge is -2.11. The standard InChI is InChI=1S/C12H13NS/c13-12(8-14)11-7-3-5-9-4-1-2-6-10(9)11/h1-7,12,14H,8,13H2. The minimum atomic E-state index is 0.0180. The van der Waals surface area contributed by atoms with Crippen molar-refractivity contribution in [2.45, 2.75) is 6.04 Å². The second kappa shape index (κ2) is 4.03. The van der Waals surface area contributed by atoms with E-state index in [1.807, 2.05) is 18.2 Å². The quantitative estimate of drug-likeness (QED) is 0.721. The van der Waals surface area contributed by atoms with E-state index in [1.54, 1.807) is 0 Å². The van der Waals surface area contributed by atoms with Crippen LogP contribution >= 0.6 is 12.6 Å². The van der Waals surface area contributed by atoms with Crippen molar-refractivity contribution >= 4 is 23.4 Å². The van der Waals surface area contributed by atoms with E-state index in [9.17, 15) is 0 Å². The van der Waals surface area contributed by atoms with Gasteiger partial charge in [0.15, 0.2) is 0 Å². The number of thiol groups is 1. The molecule has 0 radical (unpaired) electrons. The Morgan fingerprint density at radius 1 is 1.07 bits per heavy atom. The SMILES string of the molecule is NC(CS)c1cccc2ccccc12. The first-order valence-corrected chi connectivity index (χ1v) is 5.30. The molecule has 0 amide bonds. The van der Waals surface area contributed by atoms with Gasteiger partial charge in [-0.15, -0.1) is 0 Å². The molecule has 1 unspecified atom stereocenters. The number of nitrogens with two attached hydrogens (primary N) is 1. The first kappa shape index (κ1) is 9.56. The van der Waals surface area contributed by atoms with Gasteiger partial charge in [-0.3, -0.25) is 0 Å². The number of fused-ring (bicyclic) bond motifs is 1. The van der Waals surface area contributed by atoms with Crippen LogP contribution in [0.4, 0.5) is 0 Å². The first-order valence-electron chi connectivity index (χ1n) is 4.67. The summed E-state index contributed by atoms with van der Waals surface area (Å²) >= 11 is 4.23. The van der Waals surface area contributed by atoms with Gasteiger partial charge >= 0.3 is 0 Å². The molecule has 0 fully saturated rings. The molecule has 0 heterocycles. The zero-order valence-electron chi connectivity index (χ0n) is 7.85. The molecule has 14 heavy (non-hydrogen) atoms. The highest BCUT2D eigenvalue weighted by molar-refractivity contribution is 7.80. The summed E-state index contributed by atoms with van der Waals surface area (Å²) in [7, 11) is 0. The van der Waals surface area contributed by atoms with Crippen molar-refractivity contribution in [3.05, 3.63) is 48.0 Å². The lowest BCUT2D eigenvalue weighted by Crippen LogP contribution is -2.11. The van der Waals surface area contributed by atoms with Crippen LogP contribution in [-0.2, 0) is 0 Å². The van der Waals surface area contributed by atoms with Crippen LogP contribution in [-0.4, -0.2) is 5.75 Å².